The molecule has 0 spiro atoms. The number of pyridine rings is 1. The number of benzene rings is 1. The third-order valence-electron chi connectivity index (χ3n) is 3.31. The minimum Gasteiger partial charge on any atom is -0.495 e. The highest BCUT2D eigenvalue weighted by molar-refractivity contribution is 8.00. The van der Waals surface area contributed by atoms with E-state index in [1.54, 1.807) is 25.3 Å². The number of rotatable bonds is 6. The second-order valence-corrected chi connectivity index (χ2v) is 6.36. The van der Waals surface area contributed by atoms with Gasteiger partial charge in [0, 0.05) is 5.69 Å². The van der Waals surface area contributed by atoms with Crippen molar-refractivity contribution in [1.29, 1.82) is 5.26 Å². The molecule has 0 aliphatic rings. The molecule has 2 aromatic rings. The molecule has 1 aromatic heterocycles. The number of hydrogen-bond donors (Lipinski definition) is 1. The molecule has 0 aliphatic heterocycles. The number of ether oxygens (including phenoxy) is 1. The van der Waals surface area contributed by atoms with Crippen LogP contribution in [-0.4, -0.2) is 23.8 Å². The van der Waals surface area contributed by atoms with Gasteiger partial charge in [0.1, 0.15) is 16.8 Å². The highest BCUT2D eigenvalue weighted by Crippen LogP contribution is 2.25. The minimum atomic E-state index is -0.176. The summed E-state index contributed by atoms with van der Waals surface area (Å²) in [5.41, 5.74) is 2.01. The Morgan fingerprint density at radius 3 is 2.75 bits per heavy atom. The van der Waals surface area contributed by atoms with Gasteiger partial charge in [-0.1, -0.05) is 37.7 Å². The Hall–Kier alpha value is -2.52. The smallest absolute Gasteiger partial charge is 0.234 e. The van der Waals surface area contributed by atoms with Crippen LogP contribution in [0.25, 0.3) is 0 Å². The monoisotopic (exact) mass is 341 g/mol. The van der Waals surface area contributed by atoms with E-state index in [0.29, 0.717) is 22.0 Å². The van der Waals surface area contributed by atoms with Gasteiger partial charge in [-0.25, -0.2) is 4.98 Å². The summed E-state index contributed by atoms with van der Waals surface area (Å²) in [4.78, 5) is 16.7. The molecular formula is C18H19N3O2S. The van der Waals surface area contributed by atoms with E-state index in [1.807, 2.05) is 32.0 Å². The lowest BCUT2D eigenvalue weighted by atomic mass is 10.1. The summed E-state index contributed by atoms with van der Waals surface area (Å²) in [5, 5.41) is 12.6. The van der Waals surface area contributed by atoms with E-state index in [9.17, 15) is 10.1 Å². The average molecular weight is 341 g/mol. The van der Waals surface area contributed by atoms with E-state index in [-0.39, 0.29) is 17.6 Å². The van der Waals surface area contributed by atoms with Crippen molar-refractivity contribution in [2.75, 3.05) is 18.2 Å². The van der Waals surface area contributed by atoms with E-state index in [4.69, 9.17) is 4.74 Å². The van der Waals surface area contributed by atoms with Gasteiger partial charge in [-0.2, -0.15) is 5.26 Å². The highest BCUT2D eigenvalue weighted by atomic mass is 32.2. The van der Waals surface area contributed by atoms with Crippen molar-refractivity contribution in [3.8, 4) is 11.8 Å². The van der Waals surface area contributed by atoms with Gasteiger partial charge in [0.2, 0.25) is 5.91 Å². The molecule has 0 unspecified atom stereocenters. The molecule has 2 rings (SSSR count). The summed E-state index contributed by atoms with van der Waals surface area (Å²) >= 11 is 1.26. The quantitative estimate of drug-likeness (QED) is 0.809. The first kappa shape index (κ1) is 17.8. The van der Waals surface area contributed by atoms with E-state index < -0.39 is 0 Å². The molecule has 0 radical (unpaired) electrons. The zero-order valence-electron chi connectivity index (χ0n) is 13.9. The van der Waals surface area contributed by atoms with Crippen molar-refractivity contribution in [2.45, 2.75) is 24.8 Å². The molecule has 1 amide bonds. The number of hydrogen-bond acceptors (Lipinski definition) is 5. The van der Waals surface area contributed by atoms with Crippen LogP contribution in [0.4, 0.5) is 5.69 Å². The summed E-state index contributed by atoms with van der Waals surface area (Å²) in [6.07, 6.45) is 0. The standard InChI is InChI=1S/C18H19N3O2S/c1-12(2)14-9-8-13(10-19)18(21-14)24-11-17(22)20-15-6-4-5-7-16(15)23-3/h4-9,12H,11H2,1-3H3,(H,20,22). The third kappa shape index (κ3) is 4.49. The second-order valence-electron chi connectivity index (χ2n) is 5.39. The zero-order chi connectivity index (χ0) is 17.5. The molecule has 0 atom stereocenters. The van der Waals surface area contributed by atoms with Crippen molar-refractivity contribution >= 4 is 23.4 Å². The predicted molar refractivity (Wildman–Crippen MR) is 95.4 cm³/mol. The number of nitriles is 1. The first-order valence-corrected chi connectivity index (χ1v) is 8.50. The van der Waals surface area contributed by atoms with Crippen molar-refractivity contribution in [2.24, 2.45) is 0 Å². The van der Waals surface area contributed by atoms with Crippen LogP contribution in [-0.2, 0) is 4.79 Å². The summed E-state index contributed by atoms with van der Waals surface area (Å²) in [6.45, 7) is 4.08. The van der Waals surface area contributed by atoms with Gasteiger partial charge in [-0.15, -0.1) is 0 Å². The molecule has 0 saturated carbocycles. The van der Waals surface area contributed by atoms with Gasteiger partial charge in [0.15, 0.2) is 0 Å². The first-order valence-electron chi connectivity index (χ1n) is 7.52. The van der Waals surface area contributed by atoms with E-state index in [0.717, 1.165) is 5.69 Å². The zero-order valence-corrected chi connectivity index (χ0v) is 14.7. The van der Waals surface area contributed by atoms with Gasteiger partial charge >= 0.3 is 0 Å². The Bertz CT molecular complexity index is 769. The maximum atomic E-state index is 12.2. The summed E-state index contributed by atoms with van der Waals surface area (Å²) in [7, 11) is 1.56. The number of carbonyl (C=O) groups excluding carboxylic acids is 1. The van der Waals surface area contributed by atoms with E-state index in [1.165, 1.54) is 11.8 Å². The van der Waals surface area contributed by atoms with Crippen LogP contribution >= 0.6 is 11.8 Å². The van der Waals surface area contributed by atoms with Crippen LogP contribution in [0.3, 0.4) is 0 Å². The van der Waals surface area contributed by atoms with E-state index >= 15 is 0 Å². The van der Waals surface area contributed by atoms with Crippen molar-refractivity contribution in [3.63, 3.8) is 0 Å². The maximum absolute atomic E-state index is 12.2. The van der Waals surface area contributed by atoms with Gasteiger partial charge in [0.25, 0.3) is 0 Å². The van der Waals surface area contributed by atoms with Gasteiger partial charge in [0.05, 0.1) is 24.1 Å². The fourth-order valence-electron chi connectivity index (χ4n) is 2.04. The molecule has 1 aromatic carbocycles. The van der Waals surface area contributed by atoms with Crippen LogP contribution in [0, 0.1) is 11.3 Å². The van der Waals surface area contributed by atoms with Crippen molar-refractivity contribution in [3.05, 3.63) is 47.7 Å². The lowest BCUT2D eigenvalue weighted by molar-refractivity contribution is -0.113. The number of para-hydroxylation sites is 2. The maximum Gasteiger partial charge on any atom is 0.234 e. The Morgan fingerprint density at radius 2 is 2.08 bits per heavy atom. The normalized spacial score (nSPS) is 10.3. The fourth-order valence-corrected chi connectivity index (χ4v) is 2.82. The minimum absolute atomic E-state index is 0.168. The van der Waals surface area contributed by atoms with Crippen LogP contribution in [0.2, 0.25) is 0 Å². The SMILES string of the molecule is COc1ccccc1NC(=O)CSc1nc(C(C)C)ccc1C#N. The molecule has 0 bridgehead atoms. The second kappa shape index (κ2) is 8.37. The van der Waals surface area contributed by atoms with Crippen LogP contribution in [0.15, 0.2) is 41.4 Å². The van der Waals surface area contributed by atoms with Crippen molar-refractivity contribution < 1.29 is 9.53 Å². The number of thioether (sulfide) groups is 1. The molecule has 5 nitrogen and oxygen atoms in total. The molecule has 1 heterocycles. The number of nitrogens with one attached hydrogen (secondary N) is 1. The summed E-state index contributed by atoms with van der Waals surface area (Å²) in [6, 6.07) is 12.9. The lowest BCUT2D eigenvalue weighted by Crippen LogP contribution is -2.15. The lowest BCUT2D eigenvalue weighted by Gasteiger charge is -2.11. The van der Waals surface area contributed by atoms with Crippen LogP contribution < -0.4 is 10.1 Å². The summed E-state index contributed by atoms with van der Waals surface area (Å²) in [5.74, 6) is 0.861. The third-order valence-corrected chi connectivity index (χ3v) is 4.31. The number of nitrogens with zero attached hydrogens (tertiary/aromatic N) is 2. The number of anilines is 1. The molecule has 24 heavy (non-hydrogen) atoms. The Morgan fingerprint density at radius 1 is 1.33 bits per heavy atom. The number of aromatic nitrogens is 1. The molecule has 1 N–H and O–H groups in total. The Kier molecular flexibility index (Phi) is 6.21. The molecule has 0 aliphatic carbocycles. The largest absolute Gasteiger partial charge is 0.495 e. The number of amides is 1. The predicted octanol–water partition coefficient (Wildman–Crippen LogP) is 3.82. The number of carbonyl (C=O) groups is 1. The van der Waals surface area contributed by atoms with Gasteiger partial charge < -0.3 is 10.1 Å². The molecule has 124 valence electrons. The molecule has 0 saturated heterocycles. The van der Waals surface area contributed by atoms with Gasteiger partial charge in [-0.3, -0.25) is 4.79 Å². The summed E-state index contributed by atoms with van der Waals surface area (Å²) < 4.78 is 5.21. The van der Waals surface area contributed by atoms with Crippen LogP contribution in [0.1, 0.15) is 31.0 Å². The van der Waals surface area contributed by atoms with Crippen LogP contribution in [0.5, 0.6) is 5.75 Å². The number of methoxy groups -OCH3 is 1. The Labute approximate surface area is 146 Å². The average Bonchev–Trinajstić information content (AvgIpc) is 2.60. The Balaban J connectivity index is 2.06. The molecule has 0 fully saturated rings. The highest BCUT2D eigenvalue weighted by Gasteiger charge is 2.12. The fraction of sp³-hybridized carbons (Fsp3) is 0.278. The first-order chi connectivity index (χ1) is 11.5. The van der Waals surface area contributed by atoms with Gasteiger partial charge in [-0.05, 0) is 30.2 Å². The molecule has 6 heteroatoms. The van der Waals surface area contributed by atoms with E-state index in [2.05, 4.69) is 16.4 Å². The molecular weight excluding hydrogens is 322 g/mol. The van der Waals surface area contributed by atoms with Crippen molar-refractivity contribution in [1.82, 2.24) is 4.98 Å². The topological polar surface area (TPSA) is 75.0 Å².